The van der Waals surface area contributed by atoms with Gasteiger partial charge in [0.1, 0.15) is 0 Å². The molecule has 1 atom stereocenters. The van der Waals surface area contributed by atoms with Crippen LogP contribution in [0.4, 0.5) is 0 Å². The molecule has 3 nitrogen and oxygen atoms in total. The zero-order valence-corrected chi connectivity index (χ0v) is 11.5. The summed E-state index contributed by atoms with van der Waals surface area (Å²) in [4.78, 5) is 0. The van der Waals surface area contributed by atoms with Gasteiger partial charge in [0.2, 0.25) is 0 Å². The van der Waals surface area contributed by atoms with Gasteiger partial charge in [-0.05, 0) is 29.3 Å². The van der Waals surface area contributed by atoms with Gasteiger partial charge >= 0.3 is 0 Å². The lowest BCUT2D eigenvalue weighted by Crippen LogP contribution is -2.25. The van der Waals surface area contributed by atoms with Crippen LogP contribution in [0.15, 0.2) is 42.5 Å². The Morgan fingerprint density at radius 3 is 2.74 bits per heavy atom. The van der Waals surface area contributed by atoms with Crippen molar-refractivity contribution >= 4 is 20.6 Å². The largest absolute Gasteiger partial charge is 0.309 e. The first-order chi connectivity index (χ1) is 9.16. The van der Waals surface area contributed by atoms with E-state index in [-0.39, 0.29) is 11.8 Å². The summed E-state index contributed by atoms with van der Waals surface area (Å²) in [6.07, 6.45) is 0.698. The van der Waals surface area contributed by atoms with E-state index in [0.717, 1.165) is 22.9 Å². The van der Waals surface area contributed by atoms with Crippen LogP contribution in [0, 0.1) is 0 Å². The molecule has 1 heterocycles. The quantitative estimate of drug-likeness (QED) is 0.868. The van der Waals surface area contributed by atoms with Crippen LogP contribution in [-0.4, -0.2) is 26.5 Å². The molecule has 1 unspecified atom stereocenters. The van der Waals surface area contributed by atoms with E-state index in [1.165, 1.54) is 0 Å². The average Bonchev–Trinajstić information content (AvgIpc) is 2.59. The van der Waals surface area contributed by atoms with Crippen LogP contribution in [0.3, 0.4) is 0 Å². The van der Waals surface area contributed by atoms with E-state index in [2.05, 4.69) is 23.5 Å². The molecule has 0 radical (unpaired) electrons. The topological polar surface area (TPSA) is 46.2 Å². The van der Waals surface area contributed by atoms with E-state index >= 15 is 0 Å². The van der Waals surface area contributed by atoms with Gasteiger partial charge in [0.25, 0.3) is 0 Å². The van der Waals surface area contributed by atoms with Crippen LogP contribution < -0.4 is 5.32 Å². The summed E-state index contributed by atoms with van der Waals surface area (Å²) < 4.78 is 23.9. The van der Waals surface area contributed by atoms with E-state index in [1.807, 2.05) is 24.3 Å². The maximum atomic E-state index is 12.0. The van der Waals surface area contributed by atoms with Gasteiger partial charge in [0.05, 0.1) is 11.5 Å². The summed E-state index contributed by atoms with van der Waals surface area (Å²) in [5.41, 5.74) is 1.09. The maximum absolute atomic E-state index is 12.0. The van der Waals surface area contributed by atoms with Crippen LogP contribution in [0.25, 0.3) is 10.8 Å². The summed E-state index contributed by atoms with van der Waals surface area (Å²) in [5.74, 6) is 0.488. The van der Waals surface area contributed by atoms with Gasteiger partial charge in [-0.25, -0.2) is 8.42 Å². The predicted octanol–water partition coefficient (Wildman–Crippen LogP) is 2.29. The molecule has 3 rings (SSSR count). The summed E-state index contributed by atoms with van der Waals surface area (Å²) in [7, 11) is -2.95. The van der Waals surface area contributed by atoms with E-state index < -0.39 is 9.84 Å². The average molecular weight is 275 g/mol. The number of sulfone groups is 1. The molecule has 0 aliphatic carbocycles. The van der Waals surface area contributed by atoms with Crippen molar-refractivity contribution in [3.05, 3.63) is 48.0 Å². The highest BCUT2D eigenvalue weighted by atomic mass is 32.2. The summed E-state index contributed by atoms with van der Waals surface area (Å²) in [6, 6.07) is 14.1. The lowest BCUT2D eigenvalue weighted by molar-refractivity contribution is 0.574. The number of hydrogen-bond donors (Lipinski definition) is 1. The van der Waals surface area contributed by atoms with Crippen molar-refractivity contribution in [1.29, 1.82) is 0 Å². The van der Waals surface area contributed by atoms with Crippen LogP contribution in [0.5, 0.6) is 0 Å². The van der Waals surface area contributed by atoms with Crippen molar-refractivity contribution in [1.82, 2.24) is 5.32 Å². The molecule has 100 valence electrons. The molecule has 1 N–H and O–H groups in total. The lowest BCUT2D eigenvalue weighted by atomic mass is 9.99. The molecule has 0 amide bonds. The molecule has 1 fully saturated rings. The molecule has 2 aromatic carbocycles. The van der Waals surface area contributed by atoms with Gasteiger partial charge in [-0.1, -0.05) is 42.5 Å². The zero-order chi connectivity index (χ0) is 13.3. The molecule has 2 aromatic rings. The second-order valence-corrected chi connectivity index (χ2v) is 7.27. The standard InChI is InChI=1S/C15H17NO2S/c17-19(18)10-4-9-16-15(11-19)14-8-3-6-12-5-1-2-7-13(12)14/h1-3,5-8,15-16H,4,9-11H2. The minimum atomic E-state index is -2.95. The molecular weight excluding hydrogens is 258 g/mol. The van der Waals surface area contributed by atoms with E-state index in [4.69, 9.17) is 0 Å². The van der Waals surface area contributed by atoms with Gasteiger partial charge in [0, 0.05) is 6.04 Å². The Bertz CT molecular complexity index is 689. The van der Waals surface area contributed by atoms with E-state index in [1.54, 1.807) is 0 Å². The number of fused-ring (bicyclic) bond motifs is 1. The summed E-state index contributed by atoms with van der Waals surface area (Å²) >= 11 is 0. The summed E-state index contributed by atoms with van der Waals surface area (Å²) in [5, 5.41) is 5.66. The molecule has 1 saturated heterocycles. The Hall–Kier alpha value is -1.39. The number of benzene rings is 2. The van der Waals surface area contributed by atoms with Crippen molar-refractivity contribution < 1.29 is 8.42 Å². The third-order valence-electron chi connectivity index (χ3n) is 3.64. The van der Waals surface area contributed by atoms with Crippen LogP contribution in [0.2, 0.25) is 0 Å². The van der Waals surface area contributed by atoms with Crippen LogP contribution in [-0.2, 0) is 9.84 Å². The van der Waals surface area contributed by atoms with Gasteiger partial charge in [-0.3, -0.25) is 0 Å². The molecule has 0 spiro atoms. The molecule has 0 bridgehead atoms. The van der Waals surface area contributed by atoms with Crippen molar-refractivity contribution in [2.75, 3.05) is 18.1 Å². The molecule has 0 aromatic heterocycles. The monoisotopic (exact) mass is 275 g/mol. The normalized spacial score (nSPS) is 23.1. The smallest absolute Gasteiger partial charge is 0.152 e. The Kier molecular flexibility index (Phi) is 3.29. The van der Waals surface area contributed by atoms with Crippen molar-refractivity contribution in [2.24, 2.45) is 0 Å². The lowest BCUT2D eigenvalue weighted by Gasteiger charge is -2.18. The minimum Gasteiger partial charge on any atom is -0.309 e. The molecule has 1 aliphatic rings. The van der Waals surface area contributed by atoms with Crippen molar-refractivity contribution in [2.45, 2.75) is 12.5 Å². The first kappa shape index (κ1) is 12.6. The van der Waals surface area contributed by atoms with Gasteiger partial charge < -0.3 is 5.32 Å². The molecule has 0 saturated carbocycles. The fourth-order valence-electron chi connectivity index (χ4n) is 2.72. The first-order valence-corrected chi connectivity index (χ1v) is 8.39. The van der Waals surface area contributed by atoms with Gasteiger partial charge in [-0.2, -0.15) is 0 Å². The third kappa shape index (κ3) is 2.65. The maximum Gasteiger partial charge on any atom is 0.152 e. The molecule has 1 aliphatic heterocycles. The fourth-order valence-corrected chi connectivity index (χ4v) is 4.27. The minimum absolute atomic E-state index is 0.0985. The first-order valence-electron chi connectivity index (χ1n) is 6.57. The number of nitrogens with one attached hydrogen (secondary N) is 1. The SMILES string of the molecule is O=S1(=O)CCCNC(c2cccc3ccccc23)C1. The Labute approximate surface area is 113 Å². The van der Waals surface area contributed by atoms with E-state index in [0.29, 0.717) is 12.2 Å². The predicted molar refractivity (Wildman–Crippen MR) is 78.0 cm³/mol. The highest BCUT2D eigenvalue weighted by Crippen LogP contribution is 2.26. The van der Waals surface area contributed by atoms with Crippen molar-refractivity contribution in [3.63, 3.8) is 0 Å². The molecular formula is C15H17NO2S. The summed E-state index contributed by atoms with van der Waals surface area (Å²) in [6.45, 7) is 0.757. The van der Waals surface area contributed by atoms with Crippen LogP contribution in [0.1, 0.15) is 18.0 Å². The second kappa shape index (κ2) is 4.94. The highest BCUT2D eigenvalue weighted by molar-refractivity contribution is 7.91. The molecule has 4 heteroatoms. The van der Waals surface area contributed by atoms with Gasteiger partial charge in [0.15, 0.2) is 9.84 Å². The number of rotatable bonds is 1. The Morgan fingerprint density at radius 1 is 1.05 bits per heavy atom. The molecule has 19 heavy (non-hydrogen) atoms. The Balaban J connectivity index is 2.08. The number of hydrogen-bond acceptors (Lipinski definition) is 3. The second-order valence-electron chi connectivity index (χ2n) is 5.04. The zero-order valence-electron chi connectivity index (χ0n) is 10.7. The Morgan fingerprint density at radius 2 is 1.84 bits per heavy atom. The van der Waals surface area contributed by atoms with E-state index in [9.17, 15) is 8.42 Å². The van der Waals surface area contributed by atoms with Crippen molar-refractivity contribution in [3.8, 4) is 0 Å². The third-order valence-corrected chi connectivity index (χ3v) is 5.39. The fraction of sp³-hybridized carbons (Fsp3) is 0.333. The highest BCUT2D eigenvalue weighted by Gasteiger charge is 2.24. The van der Waals surface area contributed by atoms with Gasteiger partial charge in [-0.15, -0.1) is 0 Å². The van der Waals surface area contributed by atoms with Crippen LogP contribution >= 0.6 is 0 Å².